The van der Waals surface area contributed by atoms with E-state index >= 15 is 0 Å². The third-order valence-corrected chi connectivity index (χ3v) is 8.95. The molecule has 2 aliphatic carbocycles. The summed E-state index contributed by atoms with van der Waals surface area (Å²) in [5, 5.41) is 0.397. The van der Waals surface area contributed by atoms with Crippen LogP contribution in [0.1, 0.15) is 77.3 Å². The van der Waals surface area contributed by atoms with Gasteiger partial charge in [0.05, 0.1) is 11.6 Å². The molecule has 40 heavy (non-hydrogen) atoms. The Morgan fingerprint density at radius 3 is 1.98 bits per heavy atom. The summed E-state index contributed by atoms with van der Waals surface area (Å²) >= 11 is 10.4. The molecule has 5 rings (SSSR count). The zero-order valence-electron chi connectivity index (χ0n) is 24.1. The van der Waals surface area contributed by atoms with Gasteiger partial charge in [0.1, 0.15) is 6.61 Å². The van der Waals surface area contributed by atoms with Crippen molar-refractivity contribution < 1.29 is 19.1 Å². The molecular weight excluding hydrogens is 590 g/mol. The number of halogens is 2. The van der Waals surface area contributed by atoms with Gasteiger partial charge in [0.2, 0.25) is 0 Å². The van der Waals surface area contributed by atoms with E-state index in [0.717, 1.165) is 51.0 Å². The summed E-state index contributed by atoms with van der Waals surface area (Å²) in [6.07, 6.45) is 2.43. The quantitative estimate of drug-likeness (QED) is 0.322. The summed E-state index contributed by atoms with van der Waals surface area (Å²) in [7, 11) is 2.02. The Morgan fingerprint density at radius 1 is 0.900 bits per heavy atom. The second-order valence-electron chi connectivity index (χ2n) is 12.8. The molecule has 1 aliphatic heterocycles. The lowest BCUT2D eigenvalue weighted by molar-refractivity contribution is -0.119. The Labute approximate surface area is 250 Å². The Balaban J connectivity index is 1.63. The van der Waals surface area contributed by atoms with Gasteiger partial charge in [-0.2, -0.15) is 0 Å². The van der Waals surface area contributed by atoms with Crippen LogP contribution in [0.25, 0.3) is 0 Å². The van der Waals surface area contributed by atoms with Gasteiger partial charge in [0, 0.05) is 52.8 Å². The molecule has 0 atom stereocenters. The smallest absolute Gasteiger partial charge is 0.180 e. The van der Waals surface area contributed by atoms with Crippen LogP contribution in [0.5, 0.6) is 11.5 Å². The minimum Gasteiger partial charge on any atom is -0.490 e. The van der Waals surface area contributed by atoms with Crippen LogP contribution in [0.15, 0.2) is 63.4 Å². The number of hydrogen-bond acceptors (Lipinski definition) is 5. The number of carbonyl (C=O) groups excluding carboxylic acids is 2. The van der Waals surface area contributed by atoms with E-state index in [1.165, 1.54) is 0 Å². The lowest BCUT2D eigenvalue weighted by atomic mass is 9.63. The molecule has 5 nitrogen and oxygen atoms in total. The molecule has 0 radical (unpaired) electrons. The zero-order chi connectivity index (χ0) is 29.0. The number of allylic oxidation sites excluding steroid dienone is 4. The molecule has 0 fully saturated rings. The predicted octanol–water partition coefficient (Wildman–Crippen LogP) is 8.40. The number of carbonyl (C=O) groups is 2. The number of rotatable bonds is 6. The molecular formula is C33H37BrClNO4. The van der Waals surface area contributed by atoms with Crippen LogP contribution in [0.4, 0.5) is 0 Å². The molecule has 0 saturated carbocycles. The van der Waals surface area contributed by atoms with Gasteiger partial charge in [0.15, 0.2) is 23.1 Å². The first-order chi connectivity index (χ1) is 18.8. The van der Waals surface area contributed by atoms with Crippen molar-refractivity contribution >= 4 is 39.1 Å². The average molecular weight is 627 g/mol. The molecule has 0 aromatic heterocycles. The molecule has 1 heterocycles. The van der Waals surface area contributed by atoms with Crippen LogP contribution >= 0.6 is 27.5 Å². The topological polar surface area (TPSA) is 55.8 Å². The summed E-state index contributed by atoms with van der Waals surface area (Å²) in [5.74, 6) is 0.677. The van der Waals surface area contributed by atoms with Gasteiger partial charge in [-0.25, -0.2) is 0 Å². The van der Waals surface area contributed by atoms with Crippen LogP contribution < -0.4 is 9.47 Å². The van der Waals surface area contributed by atoms with E-state index in [-0.39, 0.29) is 22.4 Å². The summed E-state index contributed by atoms with van der Waals surface area (Å²) in [6, 6.07) is 11.7. The van der Waals surface area contributed by atoms with Gasteiger partial charge in [-0.15, -0.1) is 0 Å². The normalized spacial score (nSPS) is 20.4. The van der Waals surface area contributed by atoms with Crippen molar-refractivity contribution in [1.82, 2.24) is 4.90 Å². The van der Waals surface area contributed by atoms with Crippen molar-refractivity contribution in [3.05, 3.63) is 79.6 Å². The molecule has 0 N–H and O–H groups in total. The van der Waals surface area contributed by atoms with Crippen LogP contribution in [-0.2, 0) is 16.2 Å². The van der Waals surface area contributed by atoms with E-state index in [2.05, 4.69) is 48.5 Å². The average Bonchev–Trinajstić information content (AvgIpc) is 2.85. The second-order valence-corrected chi connectivity index (χ2v) is 14.1. The van der Waals surface area contributed by atoms with Crippen molar-refractivity contribution in [2.75, 3.05) is 13.7 Å². The summed E-state index contributed by atoms with van der Waals surface area (Å²) in [6.45, 7) is 11.2. The highest BCUT2D eigenvalue weighted by Gasteiger charge is 2.48. The third kappa shape index (κ3) is 5.49. The Hall–Kier alpha value is -2.57. The maximum absolute atomic E-state index is 13.8. The SMILES string of the molecule is CCOc1cc(C2C3=C(CC(C)(C)CC3=O)N(C)C3=C2C(=O)CC(C)(C)C3)cc(Cl)c1OCc1ccc(Br)cc1. The van der Waals surface area contributed by atoms with Crippen molar-refractivity contribution in [1.29, 1.82) is 0 Å². The lowest BCUT2D eigenvalue weighted by Gasteiger charge is -2.48. The predicted molar refractivity (Wildman–Crippen MR) is 162 cm³/mol. The highest BCUT2D eigenvalue weighted by atomic mass is 79.9. The first-order valence-electron chi connectivity index (χ1n) is 13.9. The maximum atomic E-state index is 13.8. The molecule has 0 saturated heterocycles. The first kappa shape index (κ1) is 28.9. The van der Waals surface area contributed by atoms with E-state index in [4.69, 9.17) is 21.1 Å². The second kappa shape index (κ2) is 10.7. The number of nitrogens with zero attached hydrogens (tertiary/aromatic N) is 1. The van der Waals surface area contributed by atoms with Crippen molar-refractivity contribution in [2.45, 2.75) is 72.8 Å². The highest BCUT2D eigenvalue weighted by Crippen LogP contribution is 2.55. The van der Waals surface area contributed by atoms with Gasteiger partial charge in [-0.05, 0) is 66.0 Å². The van der Waals surface area contributed by atoms with E-state index < -0.39 is 5.92 Å². The zero-order valence-corrected chi connectivity index (χ0v) is 26.5. The fourth-order valence-electron chi connectivity index (χ4n) is 6.39. The fraction of sp³-hybridized carbons (Fsp3) is 0.455. The van der Waals surface area contributed by atoms with Gasteiger partial charge < -0.3 is 14.4 Å². The van der Waals surface area contributed by atoms with E-state index in [9.17, 15) is 9.59 Å². The molecule has 2 aromatic rings. The van der Waals surface area contributed by atoms with Crippen molar-refractivity contribution in [3.8, 4) is 11.5 Å². The minimum atomic E-state index is -0.481. The van der Waals surface area contributed by atoms with Gasteiger partial charge >= 0.3 is 0 Å². The van der Waals surface area contributed by atoms with E-state index in [1.54, 1.807) is 0 Å². The molecule has 0 bridgehead atoms. The maximum Gasteiger partial charge on any atom is 0.180 e. The minimum absolute atomic E-state index is 0.0944. The molecule has 2 aromatic carbocycles. The standard InChI is InChI=1S/C33H37BrClNO4/c1-7-39-27-13-20(12-22(35)31(27)40-18-19-8-10-21(34)11-9-19)28-29-23(14-32(2,3)16-25(29)37)36(6)24-15-33(4,5)17-26(38)30(24)28/h8-13,28H,7,14-18H2,1-6H3. The van der Waals surface area contributed by atoms with Gasteiger partial charge in [0.25, 0.3) is 0 Å². The highest BCUT2D eigenvalue weighted by molar-refractivity contribution is 9.10. The summed E-state index contributed by atoms with van der Waals surface area (Å²) in [5.41, 5.74) is 4.95. The van der Waals surface area contributed by atoms with E-state index in [1.807, 2.05) is 50.4 Å². The number of hydrogen-bond donors (Lipinski definition) is 0. The van der Waals surface area contributed by atoms with Crippen LogP contribution in [0.3, 0.4) is 0 Å². The molecule has 0 amide bonds. The fourth-order valence-corrected chi connectivity index (χ4v) is 6.93. The van der Waals surface area contributed by atoms with Crippen LogP contribution in [0.2, 0.25) is 5.02 Å². The van der Waals surface area contributed by atoms with Crippen LogP contribution in [0, 0.1) is 10.8 Å². The largest absolute Gasteiger partial charge is 0.490 e. The number of benzene rings is 2. The molecule has 212 valence electrons. The molecule has 0 spiro atoms. The van der Waals surface area contributed by atoms with Crippen LogP contribution in [-0.4, -0.2) is 30.1 Å². The summed E-state index contributed by atoms with van der Waals surface area (Å²) < 4.78 is 13.2. The molecule has 0 unspecified atom stereocenters. The number of ether oxygens (including phenoxy) is 2. The van der Waals surface area contributed by atoms with Gasteiger partial charge in [-0.3, -0.25) is 9.59 Å². The third-order valence-electron chi connectivity index (χ3n) is 8.14. The van der Waals surface area contributed by atoms with Crippen molar-refractivity contribution in [3.63, 3.8) is 0 Å². The Bertz CT molecular complexity index is 1380. The Kier molecular flexibility index (Phi) is 7.73. The number of ketones is 2. The first-order valence-corrected chi connectivity index (χ1v) is 15.1. The monoisotopic (exact) mass is 625 g/mol. The summed E-state index contributed by atoms with van der Waals surface area (Å²) in [4.78, 5) is 29.8. The Morgan fingerprint density at radius 2 is 1.45 bits per heavy atom. The molecule has 3 aliphatic rings. The van der Waals surface area contributed by atoms with Crippen molar-refractivity contribution in [2.24, 2.45) is 10.8 Å². The number of Topliss-reactive ketones (excluding diaryl/α,β-unsaturated/α-hetero) is 2. The molecule has 7 heteroatoms. The van der Waals surface area contributed by atoms with Gasteiger partial charge in [-0.1, -0.05) is 67.4 Å². The van der Waals surface area contributed by atoms with E-state index in [0.29, 0.717) is 42.6 Å². The lowest BCUT2D eigenvalue weighted by Crippen LogP contribution is -2.43.